The Morgan fingerprint density at radius 3 is 2.67 bits per heavy atom. The maximum absolute atomic E-state index is 12.5. The summed E-state index contributed by atoms with van der Waals surface area (Å²) >= 11 is 0. The minimum absolute atomic E-state index is 0.178. The fraction of sp³-hybridized carbons (Fsp3) is 0.375. The Morgan fingerprint density at radius 2 is 2.00 bits per heavy atom. The van der Waals surface area contributed by atoms with Crippen LogP contribution in [-0.2, 0) is 9.53 Å². The van der Waals surface area contributed by atoms with Crippen LogP contribution in [-0.4, -0.2) is 29.2 Å². The van der Waals surface area contributed by atoms with Gasteiger partial charge in [0.2, 0.25) is 0 Å². The molecule has 21 heavy (non-hydrogen) atoms. The molecule has 5 nitrogen and oxygen atoms in total. The van der Waals surface area contributed by atoms with Crippen molar-refractivity contribution in [3.05, 3.63) is 42.1 Å². The number of para-hydroxylation sites is 1. The van der Waals surface area contributed by atoms with Gasteiger partial charge in [-0.15, -0.1) is 0 Å². The number of benzene rings is 1. The van der Waals surface area contributed by atoms with Crippen molar-refractivity contribution in [2.45, 2.75) is 32.4 Å². The first-order chi connectivity index (χ1) is 10.1. The van der Waals surface area contributed by atoms with Crippen molar-refractivity contribution in [3.63, 3.8) is 0 Å². The number of amides is 2. The molecule has 2 aliphatic rings. The second-order valence-corrected chi connectivity index (χ2v) is 5.35. The Kier molecular flexibility index (Phi) is 3.20. The van der Waals surface area contributed by atoms with E-state index in [1.807, 2.05) is 37.3 Å². The van der Waals surface area contributed by atoms with Crippen LogP contribution in [0.4, 0.5) is 10.5 Å². The molecule has 1 aromatic carbocycles. The van der Waals surface area contributed by atoms with E-state index in [9.17, 15) is 9.59 Å². The summed E-state index contributed by atoms with van der Waals surface area (Å²) in [7, 11) is 0. The highest BCUT2D eigenvalue weighted by Gasteiger charge is 2.58. The minimum Gasteiger partial charge on any atom is -0.461 e. The molecule has 3 rings (SSSR count). The van der Waals surface area contributed by atoms with Gasteiger partial charge in [0.25, 0.3) is 0 Å². The summed E-state index contributed by atoms with van der Waals surface area (Å²) in [6.45, 7) is 4.04. The number of nitrogens with zero attached hydrogens (tertiary/aromatic N) is 2. The highest BCUT2D eigenvalue weighted by atomic mass is 16.5. The third-order valence-corrected chi connectivity index (χ3v) is 4.04. The lowest BCUT2D eigenvalue weighted by Crippen LogP contribution is -2.77. The zero-order valence-corrected chi connectivity index (χ0v) is 12.2. The number of rotatable bonds is 3. The van der Waals surface area contributed by atoms with Crippen LogP contribution in [0.3, 0.4) is 0 Å². The van der Waals surface area contributed by atoms with Gasteiger partial charge in [-0.2, -0.15) is 0 Å². The number of fused-ring (bicyclic) bond motifs is 1. The molecule has 0 aromatic heterocycles. The summed E-state index contributed by atoms with van der Waals surface area (Å²) in [4.78, 5) is 27.8. The van der Waals surface area contributed by atoms with E-state index in [-0.39, 0.29) is 6.03 Å². The molecule has 5 heteroatoms. The van der Waals surface area contributed by atoms with Crippen molar-refractivity contribution in [2.75, 3.05) is 11.5 Å². The maximum atomic E-state index is 12.5. The van der Waals surface area contributed by atoms with Gasteiger partial charge in [0.1, 0.15) is 11.4 Å². The molecular formula is C16H18N2O3. The minimum atomic E-state index is -0.491. The molecule has 1 saturated heterocycles. The Hall–Kier alpha value is -2.30. The molecule has 2 amide bonds. The maximum Gasteiger partial charge on any atom is 0.354 e. The summed E-state index contributed by atoms with van der Waals surface area (Å²) in [5.74, 6) is -0.426. The van der Waals surface area contributed by atoms with Gasteiger partial charge in [-0.3, -0.25) is 9.80 Å². The predicted octanol–water partition coefficient (Wildman–Crippen LogP) is 2.89. The highest BCUT2D eigenvalue weighted by molar-refractivity contribution is 6.06. The van der Waals surface area contributed by atoms with Crippen molar-refractivity contribution in [1.29, 1.82) is 0 Å². The zero-order valence-electron chi connectivity index (χ0n) is 12.2. The van der Waals surface area contributed by atoms with Crippen molar-refractivity contribution in [1.82, 2.24) is 4.90 Å². The summed E-state index contributed by atoms with van der Waals surface area (Å²) in [6, 6.07) is 9.35. The fourth-order valence-corrected chi connectivity index (χ4v) is 3.07. The van der Waals surface area contributed by atoms with E-state index in [0.717, 1.165) is 18.5 Å². The van der Waals surface area contributed by atoms with Crippen molar-refractivity contribution >= 4 is 17.7 Å². The molecule has 0 saturated carbocycles. The predicted molar refractivity (Wildman–Crippen MR) is 78.5 cm³/mol. The molecule has 0 aliphatic carbocycles. The third-order valence-electron chi connectivity index (χ3n) is 4.04. The van der Waals surface area contributed by atoms with Crippen LogP contribution in [0.5, 0.6) is 0 Å². The Balaban J connectivity index is 1.92. The van der Waals surface area contributed by atoms with E-state index in [4.69, 9.17) is 4.74 Å². The first-order valence-corrected chi connectivity index (χ1v) is 7.16. The topological polar surface area (TPSA) is 49.9 Å². The molecule has 0 bridgehead atoms. The molecule has 1 atom stereocenters. The van der Waals surface area contributed by atoms with Crippen LogP contribution in [0.25, 0.3) is 0 Å². The number of anilines is 1. The Labute approximate surface area is 123 Å². The van der Waals surface area contributed by atoms with E-state index in [0.29, 0.717) is 12.3 Å². The average Bonchev–Trinajstić information content (AvgIpc) is 2.47. The molecule has 2 heterocycles. The summed E-state index contributed by atoms with van der Waals surface area (Å²) in [5.41, 5.74) is 0.726. The molecule has 0 spiro atoms. The lowest BCUT2D eigenvalue weighted by atomic mass is 9.90. The van der Waals surface area contributed by atoms with Gasteiger partial charge in [-0.05, 0) is 38.8 Å². The average molecular weight is 286 g/mol. The smallest absolute Gasteiger partial charge is 0.354 e. The number of hydrogen-bond donors (Lipinski definition) is 0. The summed E-state index contributed by atoms with van der Waals surface area (Å²) < 4.78 is 5.05. The van der Waals surface area contributed by atoms with E-state index < -0.39 is 11.6 Å². The van der Waals surface area contributed by atoms with Crippen molar-refractivity contribution in [3.8, 4) is 0 Å². The van der Waals surface area contributed by atoms with E-state index in [1.54, 1.807) is 22.8 Å². The lowest BCUT2D eigenvalue weighted by molar-refractivity contribution is -0.141. The normalized spacial score (nSPS) is 24.1. The molecule has 0 N–H and O–H groups in total. The summed E-state index contributed by atoms with van der Waals surface area (Å²) in [6.07, 6.45) is 3.33. The Bertz CT molecular complexity index is 611. The molecule has 1 unspecified atom stereocenters. The van der Waals surface area contributed by atoms with Crippen LogP contribution in [0.2, 0.25) is 0 Å². The number of carbonyl (C=O) groups is 2. The van der Waals surface area contributed by atoms with Crippen LogP contribution in [0.15, 0.2) is 42.1 Å². The van der Waals surface area contributed by atoms with Gasteiger partial charge in [-0.25, -0.2) is 9.59 Å². The largest absolute Gasteiger partial charge is 0.461 e. The quantitative estimate of drug-likeness (QED) is 0.803. The number of hydrogen-bond acceptors (Lipinski definition) is 3. The number of carbonyl (C=O) groups excluding carboxylic acids is 2. The number of allylic oxidation sites excluding steroid dienone is 1. The second-order valence-electron chi connectivity index (χ2n) is 5.35. The SMILES string of the molecule is CCOC(=O)C1=CCCC2(C)N1C(=O)N2c1ccccc1. The van der Waals surface area contributed by atoms with Crippen LogP contribution in [0, 0.1) is 0 Å². The van der Waals surface area contributed by atoms with Crippen LogP contribution < -0.4 is 4.90 Å². The zero-order chi connectivity index (χ0) is 15.0. The lowest BCUT2D eigenvalue weighted by Gasteiger charge is -2.60. The number of ether oxygens (including phenoxy) is 1. The molecule has 0 radical (unpaired) electrons. The first-order valence-electron chi connectivity index (χ1n) is 7.16. The molecule has 1 aromatic rings. The standard InChI is InChI=1S/C16H18N2O3/c1-3-21-14(19)13-10-7-11-16(2)17(15(20)18(13)16)12-8-5-4-6-9-12/h4-6,8-10H,3,7,11H2,1-2H3. The monoisotopic (exact) mass is 286 g/mol. The van der Waals surface area contributed by atoms with Crippen molar-refractivity contribution < 1.29 is 14.3 Å². The molecular weight excluding hydrogens is 268 g/mol. The number of urea groups is 1. The molecule has 2 aliphatic heterocycles. The first kappa shape index (κ1) is 13.7. The van der Waals surface area contributed by atoms with Gasteiger partial charge in [0, 0.05) is 5.69 Å². The van der Waals surface area contributed by atoms with Crippen LogP contribution in [0.1, 0.15) is 26.7 Å². The van der Waals surface area contributed by atoms with E-state index in [1.165, 1.54) is 0 Å². The van der Waals surface area contributed by atoms with E-state index in [2.05, 4.69) is 0 Å². The van der Waals surface area contributed by atoms with Gasteiger partial charge >= 0.3 is 12.0 Å². The second kappa shape index (κ2) is 4.91. The van der Waals surface area contributed by atoms with Crippen LogP contribution >= 0.6 is 0 Å². The van der Waals surface area contributed by atoms with Crippen molar-refractivity contribution in [2.24, 2.45) is 0 Å². The fourth-order valence-electron chi connectivity index (χ4n) is 3.07. The Morgan fingerprint density at radius 1 is 1.29 bits per heavy atom. The molecule has 1 fully saturated rings. The van der Waals surface area contributed by atoms with Gasteiger partial charge in [-0.1, -0.05) is 24.3 Å². The third kappa shape index (κ3) is 1.92. The van der Waals surface area contributed by atoms with Gasteiger partial charge in [0.15, 0.2) is 0 Å². The summed E-state index contributed by atoms with van der Waals surface area (Å²) in [5, 5.41) is 0. The highest BCUT2D eigenvalue weighted by Crippen LogP contribution is 2.45. The van der Waals surface area contributed by atoms with E-state index >= 15 is 0 Å². The van der Waals surface area contributed by atoms with Gasteiger partial charge < -0.3 is 4.74 Å². The molecule has 110 valence electrons. The number of esters is 1. The van der Waals surface area contributed by atoms with Gasteiger partial charge in [0.05, 0.1) is 6.61 Å².